The maximum absolute atomic E-state index is 11.0. The predicted octanol–water partition coefficient (Wildman–Crippen LogP) is 0.187. The van der Waals surface area contributed by atoms with E-state index < -0.39 is 0 Å². The third-order valence-corrected chi connectivity index (χ3v) is 2.81. The minimum atomic E-state index is -0.0931. The summed E-state index contributed by atoms with van der Waals surface area (Å²) in [6.07, 6.45) is 1.81. The molecule has 3 N–H and O–H groups in total. The van der Waals surface area contributed by atoms with Gasteiger partial charge in [-0.2, -0.15) is 0 Å². The van der Waals surface area contributed by atoms with Crippen LogP contribution < -0.4 is 11.1 Å². The zero-order valence-electron chi connectivity index (χ0n) is 7.27. The number of carbonyl (C=O) groups excluding carboxylic acids is 1. The highest BCUT2D eigenvalue weighted by atomic mass is 32.2. The first-order chi connectivity index (χ1) is 6.13. The van der Waals surface area contributed by atoms with Crippen molar-refractivity contribution in [2.24, 2.45) is 15.9 Å². The lowest BCUT2D eigenvalue weighted by molar-refractivity contribution is -0.118. The van der Waals surface area contributed by atoms with Crippen LogP contribution in [0.3, 0.4) is 0 Å². The summed E-state index contributed by atoms with van der Waals surface area (Å²) in [5, 5.41) is 10.9. The maximum Gasteiger partial charge on any atom is 0.239 e. The molecule has 0 aromatic rings. The van der Waals surface area contributed by atoms with Gasteiger partial charge >= 0.3 is 0 Å². The molecule has 1 unspecified atom stereocenters. The number of amides is 1. The molecule has 1 saturated heterocycles. The molecule has 0 spiro atoms. The zero-order chi connectivity index (χ0) is 9.84. The quantitative estimate of drug-likeness (QED) is 0.374. The van der Waals surface area contributed by atoms with Crippen LogP contribution in [0.4, 0.5) is 0 Å². The minimum Gasteiger partial charge on any atom is -0.377 e. The van der Waals surface area contributed by atoms with Crippen LogP contribution in [0.5, 0.6) is 0 Å². The minimum absolute atomic E-state index is 0.0401. The highest BCUT2D eigenvalue weighted by molar-refractivity contribution is 8.15. The van der Waals surface area contributed by atoms with Crippen molar-refractivity contribution in [2.75, 3.05) is 6.26 Å². The van der Waals surface area contributed by atoms with Crippen LogP contribution in [0, 0.1) is 0 Å². The van der Waals surface area contributed by atoms with Gasteiger partial charge in [-0.3, -0.25) is 4.79 Å². The second-order valence-electron chi connectivity index (χ2n) is 2.30. The molecule has 0 aromatic heterocycles. The summed E-state index contributed by atoms with van der Waals surface area (Å²) < 4.78 is 0. The van der Waals surface area contributed by atoms with Gasteiger partial charge in [0.1, 0.15) is 0 Å². The molecule has 0 aliphatic carbocycles. The molecule has 1 heterocycles. The molecule has 0 saturated carbocycles. The molecule has 0 aromatic carbocycles. The first kappa shape index (κ1) is 10.4. The first-order valence-electron chi connectivity index (χ1n) is 3.56. The number of nitrogens with one attached hydrogen (secondary N) is 1. The molecule has 13 heavy (non-hydrogen) atoms. The first-order valence-corrected chi connectivity index (χ1v) is 5.66. The Bertz CT molecular complexity index is 276. The molecule has 0 bridgehead atoms. The standard InChI is InChI=1S/C6H10N4OS2/c1-3-4(11)8-6(13-3)10-9-5(7)12-2/h3H,1-2H3,(H2,7,9)(H,8,10,11). The van der Waals surface area contributed by atoms with Gasteiger partial charge in [-0.05, 0) is 13.2 Å². The molecule has 1 amide bonds. The molecular formula is C6H10N4OS2. The molecule has 7 heteroatoms. The van der Waals surface area contributed by atoms with Crippen molar-refractivity contribution in [3.05, 3.63) is 0 Å². The van der Waals surface area contributed by atoms with Crippen LogP contribution in [0.2, 0.25) is 0 Å². The second kappa shape index (κ2) is 4.52. The van der Waals surface area contributed by atoms with Gasteiger partial charge in [-0.15, -0.1) is 10.2 Å². The van der Waals surface area contributed by atoms with Gasteiger partial charge in [0, 0.05) is 0 Å². The Balaban J connectivity index is 2.60. The van der Waals surface area contributed by atoms with Gasteiger partial charge in [-0.1, -0.05) is 23.5 Å². The number of nitrogens with zero attached hydrogens (tertiary/aromatic N) is 2. The molecule has 1 rings (SSSR count). The van der Waals surface area contributed by atoms with Gasteiger partial charge in [0.15, 0.2) is 10.3 Å². The van der Waals surface area contributed by atoms with Crippen LogP contribution in [0.15, 0.2) is 10.2 Å². The van der Waals surface area contributed by atoms with E-state index in [2.05, 4.69) is 15.5 Å². The normalized spacial score (nSPS) is 26.6. The summed E-state index contributed by atoms with van der Waals surface area (Å²) in [6.45, 7) is 1.81. The van der Waals surface area contributed by atoms with Crippen LogP contribution >= 0.6 is 23.5 Å². The van der Waals surface area contributed by atoms with Crippen molar-refractivity contribution in [3.8, 4) is 0 Å². The second-order valence-corrected chi connectivity index (χ2v) is 4.45. The highest BCUT2D eigenvalue weighted by Crippen LogP contribution is 2.18. The van der Waals surface area contributed by atoms with Gasteiger partial charge in [0.2, 0.25) is 5.91 Å². The van der Waals surface area contributed by atoms with E-state index in [-0.39, 0.29) is 11.2 Å². The Morgan fingerprint density at radius 2 is 2.46 bits per heavy atom. The van der Waals surface area contributed by atoms with E-state index in [0.717, 1.165) is 0 Å². The van der Waals surface area contributed by atoms with Crippen molar-refractivity contribution in [1.29, 1.82) is 0 Å². The molecule has 1 aliphatic rings. The summed E-state index contributed by atoms with van der Waals surface area (Å²) in [5.41, 5.74) is 5.40. The largest absolute Gasteiger partial charge is 0.377 e. The number of thioether (sulfide) groups is 2. The van der Waals surface area contributed by atoms with Crippen molar-refractivity contribution >= 4 is 39.8 Å². The summed E-state index contributed by atoms with van der Waals surface area (Å²) in [4.78, 5) is 11.0. The van der Waals surface area contributed by atoms with Crippen molar-refractivity contribution in [1.82, 2.24) is 5.32 Å². The number of carbonyl (C=O) groups is 1. The van der Waals surface area contributed by atoms with Crippen LogP contribution in [-0.4, -0.2) is 27.7 Å². The lowest BCUT2D eigenvalue weighted by Gasteiger charge is -1.91. The van der Waals surface area contributed by atoms with E-state index in [4.69, 9.17) is 5.73 Å². The van der Waals surface area contributed by atoms with Crippen LogP contribution in [0.1, 0.15) is 6.92 Å². The summed E-state index contributed by atoms with van der Waals surface area (Å²) in [7, 11) is 0. The Labute approximate surface area is 84.6 Å². The summed E-state index contributed by atoms with van der Waals surface area (Å²) in [6, 6.07) is 0. The Kier molecular flexibility index (Phi) is 3.61. The summed E-state index contributed by atoms with van der Waals surface area (Å²) in [5.74, 6) is -0.0401. The molecule has 1 atom stereocenters. The third kappa shape index (κ3) is 2.92. The van der Waals surface area contributed by atoms with Gasteiger partial charge in [0.05, 0.1) is 5.25 Å². The fraction of sp³-hybridized carbons (Fsp3) is 0.500. The summed E-state index contributed by atoms with van der Waals surface area (Å²) >= 11 is 2.65. The molecule has 5 nitrogen and oxygen atoms in total. The molecule has 1 fully saturated rings. The van der Waals surface area contributed by atoms with E-state index in [1.807, 2.05) is 13.2 Å². The smallest absolute Gasteiger partial charge is 0.239 e. The van der Waals surface area contributed by atoms with Crippen LogP contribution in [-0.2, 0) is 4.79 Å². The van der Waals surface area contributed by atoms with Crippen molar-refractivity contribution in [2.45, 2.75) is 12.2 Å². The van der Waals surface area contributed by atoms with Crippen molar-refractivity contribution < 1.29 is 4.79 Å². The molecule has 1 aliphatic heterocycles. The molecule has 0 radical (unpaired) electrons. The van der Waals surface area contributed by atoms with E-state index in [9.17, 15) is 4.79 Å². The lowest BCUT2D eigenvalue weighted by Crippen LogP contribution is -2.23. The third-order valence-electron chi connectivity index (χ3n) is 1.34. The van der Waals surface area contributed by atoms with Gasteiger partial charge < -0.3 is 11.1 Å². The molecular weight excluding hydrogens is 208 g/mol. The fourth-order valence-corrected chi connectivity index (χ4v) is 1.51. The monoisotopic (exact) mass is 218 g/mol. The van der Waals surface area contributed by atoms with E-state index in [1.165, 1.54) is 23.5 Å². The average Bonchev–Trinajstić information content (AvgIpc) is 2.42. The maximum atomic E-state index is 11.0. The van der Waals surface area contributed by atoms with Gasteiger partial charge in [0.25, 0.3) is 0 Å². The SMILES string of the molecule is CS/C(N)=N/N=C1/NC(=O)C(C)S1. The topological polar surface area (TPSA) is 79.8 Å². The van der Waals surface area contributed by atoms with Gasteiger partial charge in [-0.25, -0.2) is 0 Å². The van der Waals surface area contributed by atoms with Crippen molar-refractivity contribution in [3.63, 3.8) is 0 Å². The van der Waals surface area contributed by atoms with E-state index in [0.29, 0.717) is 10.3 Å². The van der Waals surface area contributed by atoms with E-state index in [1.54, 1.807) is 0 Å². The number of nitrogens with two attached hydrogens (primary N) is 1. The van der Waals surface area contributed by atoms with E-state index >= 15 is 0 Å². The highest BCUT2D eigenvalue weighted by Gasteiger charge is 2.25. The predicted molar refractivity (Wildman–Crippen MR) is 57.8 cm³/mol. The average molecular weight is 218 g/mol. The van der Waals surface area contributed by atoms with Crippen LogP contribution in [0.25, 0.3) is 0 Å². The molecule has 72 valence electrons. The Morgan fingerprint density at radius 1 is 1.77 bits per heavy atom. The Hall–Kier alpha value is -0.690. The Morgan fingerprint density at radius 3 is 2.92 bits per heavy atom. The number of hydrogen-bond acceptors (Lipinski definition) is 5. The number of amidine groups is 2. The fourth-order valence-electron chi connectivity index (χ4n) is 0.642. The lowest BCUT2D eigenvalue weighted by atomic mass is 10.4. The zero-order valence-corrected chi connectivity index (χ0v) is 8.91. The number of rotatable bonds is 1. The number of hydrogen-bond donors (Lipinski definition) is 2.